The van der Waals surface area contributed by atoms with Gasteiger partial charge in [-0.25, -0.2) is 4.98 Å². The van der Waals surface area contributed by atoms with Gasteiger partial charge in [0.05, 0.1) is 17.3 Å². The number of halogens is 2. The summed E-state index contributed by atoms with van der Waals surface area (Å²) in [6.45, 7) is 0. The molecule has 3 aromatic rings. The normalized spacial score (nSPS) is 10.2. The maximum Gasteiger partial charge on any atom is 0.257 e. The highest BCUT2D eigenvalue weighted by atomic mass is 35.5. The van der Waals surface area contributed by atoms with Crippen molar-refractivity contribution in [1.82, 2.24) is 4.98 Å². The van der Waals surface area contributed by atoms with Crippen LogP contribution in [0.3, 0.4) is 0 Å². The summed E-state index contributed by atoms with van der Waals surface area (Å²) in [5, 5.41) is 14.6. The lowest BCUT2D eigenvalue weighted by molar-refractivity contribution is 0.102. The number of anilines is 1. The van der Waals surface area contributed by atoms with Crippen molar-refractivity contribution < 1.29 is 4.79 Å². The largest absolute Gasteiger partial charge is 0.298 e. The molecule has 118 valence electrons. The van der Waals surface area contributed by atoms with Crippen LogP contribution in [0.15, 0.2) is 47.8 Å². The van der Waals surface area contributed by atoms with Crippen molar-refractivity contribution in [1.29, 1.82) is 5.26 Å². The molecule has 1 amide bonds. The molecule has 0 bridgehead atoms. The van der Waals surface area contributed by atoms with E-state index in [1.54, 1.807) is 18.2 Å². The number of benzene rings is 2. The summed E-state index contributed by atoms with van der Waals surface area (Å²) in [6.07, 6.45) is 0. The minimum absolute atomic E-state index is 0.333. The topological polar surface area (TPSA) is 65.8 Å². The summed E-state index contributed by atoms with van der Waals surface area (Å²) in [5.74, 6) is -0.333. The number of nitriles is 1. The van der Waals surface area contributed by atoms with Crippen molar-refractivity contribution >= 4 is 45.6 Å². The Balaban J connectivity index is 1.78. The van der Waals surface area contributed by atoms with Crippen LogP contribution in [0.5, 0.6) is 0 Å². The number of carbonyl (C=O) groups is 1. The van der Waals surface area contributed by atoms with Crippen molar-refractivity contribution in [2.75, 3.05) is 5.32 Å². The van der Waals surface area contributed by atoms with Gasteiger partial charge < -0.3 is 0 Å². The van der Waals surface area contributed by atoms with E-state index in [0.717, 1.165) is 11.3 Å². The van der Waals surface area contributed by atoms with Crippen LogP contribution >= 0.6 is 34.5 Å². The highest BCUT2D eigenvalue weighted by molar-refractivity contribution is 7.14. The van der Waals surface area contributed by atoms with E-state index < -0.39 is 0 Å². The lowest BCUT2D eigenvalue weighted by Gasteiger charge is -2.03. The highest BCUT2D eigenvalue weighted by Gasteiger charge is 2.11. The van der Waals surface area contributed by atoms with Crippen molar-refractivity contribution in [3.8, 4) is 17.3 Å². The number of thiazole rings is 1. The Hall–Kier alpha value is -2.39. The number of hydrogen-bond acceptors (Lipinski definition) is 4. The number of carbonyl (C=O) groups excluding carboxylic acids is 1. The van der Waals surface area contributed by atoms with Crippen LogP contribution in [0.25, 0.3) is 11.3 Å². The summed E-state index contributed by atoms with van der Waals surface area (Å²) in [6, 6.07) is 13.8. The molecule has 0 spiro atoms. The summed E-state index contributed by atoms with van der Waals surface area (Å²) in [7, 11) is 0. The molecule has 3 rings (SSSR count). The van der Waals surface area contributed by atoms with Crippen LogP contribution < -0.4 is 5.32 Å². The Labute approximate surface area is 152 Å². The second-order valence-electron chi connectivity index (χ2n) is 4.84. The Morgan fingerprint density at radius 2 is 1.79 bits per heavy atom. The molecule has 1 N–H and O–H groups in total. The fourth-order valence-electron chi connectivity index (χ4n) is 2.03. The third kappa shape index (κ3) is 3.74. The second kappa shape index (κ2) is 7.02. The monoisotopic (exact) mass is 373 g/mol. The Kier molecular flexibility index (Phi) is 4.81. The van der Waals surface area contributed by atoms with Gasteiger partial charge in [0.15, 0.2) is 5.13 Å². The summed E-state index contributed by atoms with van der Waals surface area (Å²) in [5.41, 5.74) is 2.54. The van der Waals surface area contributed by atoms with Gasteiger partial charge in [-0.1, -0.05) is 35.3 Å². The van der Waals surface area contributed by atoms with Gasteiger partial charge >= 0.3 is 0 Å². The molecular formula is C17H9Cl2N3OS. The van der Waals surface area contributed by atoms with Crippen molar-refractivity contribution in [2.24, 2.45) is 0 Å². The van der Waals surface area contributed by atoms with E-state index in [1.165, 1.54) is 23.5 Å². The molecule has 7 heteroatoms. The predicted octanol–water partition coefficient (Wildman–Crippen LogP) is 5.24. The van der Waals surface area contributed by atoms with E-state index in [-0.39, 0.29) is 5.91 Å². The first kappa shape index (κ1) is 16.5. The van der Waals surface area contributed by atoms with Gasteiger partial charge in [0.1, 0.15) is 0 Å². The Morgan fingerprint density at radius 3 is 2.42 bits per heavy atom. The molecule has 1 aromatic heterocycles. The average Bonchev–Trinajstić information content (AvgIpc) is 3.02. The fraction of sp³-hybridized carbons (Fsp3) is 0. The van der Waals surface area contributed by atoms with E-state index in [0.29, 0.717) is 26.3 Å². The van der Waals surface area contributed by atoms with Crippen LogP contribution in [0, 0.1) is 11.3 Å². The van der Waals surface area contributed by atoms with E-state index in [9.17, 15) is 4.79 Å². The first-order valence-corrected chi connectivity index (χ1v) is 8.42. The zero-order chi connectivity index (χ0) is 17.1. The van der Waals surface area contributed by atoms with Gasteiger partial charge in [-0.3, -0.25) is 10.1 Å². The van der Waals surface area contributed by atoms with Crippen LogP contribution in [-0.2, 0) is 0 Å². The van der Waals surface area contributed by atoms with E-state index in [4.69, 9.17) is 28.5 Å². The first-order valence-electron chi connectivity index (χ1n) is 6.78. The quantitative estimate of drug-likeness (QED) is 0.682. The number of aromatic nitrogens is 1. The predicted molar refractivity (Wildman–Crippen MR) is 96.7 cm³/mol. The van der Waals surface area contributed by atoms with Crippen LogP contribution in [0.2, 0.25) is 10.0 Å². The summed E-state index contributed by atoms with van der Waals surface area (Å²) in [4.78, 5) is 16.6. The zero-order valence-electron chi connectivity index (χ0n) is 12.1. The number of nitrogens with zero attached hydrogens (tertiary/aromatic N) is 2. The van der Waals surface area contributed by atoms with Gasteiger partial charge in [0, 0.05) is 26.6 Å². The lowest BCUT2D eigenvalue weighted by atomic mass is 10.1. The minimum Gasteiger partial charge on any atom is -0.298 e. The molecule has 24 heavy (non-hydrogen) atoms. The van der Waals surface area contributed by atoms with Crippen molar-refractivity contribution in [2.45, 2.75) is 0 Å². The molecule has 0 aliphatic carbocycles. The van der Waals surface area contributed by atoms with Crippen LogP contribution in [0.4, 0.5) is 5.13 Å². The molecule has 1 heterocycles. The third-order valence-electron chi connectivity index (χ3n) is 3.16. The standard InChI is InChI=1S/C17H9Cl2N3OS/c18-13-5-12(6-14(19)7-13)16(23)22-17-21-15(9-24-17)11-3-1-10(8-20)2-4-11/h1-7,9H,(H,21,22,23). The molecule has 0 saturated carbocycles. The smallest absolute Gasteiger partial charge is 0.257 e. The highest BCUT2D eigenvalue weighted by Crippen LogP contribution is 2.26. The first-order chi connectivity index (χ1) is 11.5. The molecule has 2 aromatic carbocycles. The molecule has 0 atom stereocenters. The van der Waals surface area contributed by atoms with Crippen molar-refractivity contribution in [3.63, 3.8) is 0 Å². The second-order valence-corrected chi connectivity index (χ2v) is 6.57. The molecule has 0 aliphatic rings. The van der Waals surface area contributed by atoms with Crippen LogP contribution in [-0.4, -0.2) is 10.9 Å². The van der Waals surface area contributed by atoms with E-state index in [2.05, 4.69) is 16.4 Å². The zero-order valence-corrected chi connectivity index (χ0v) is 14.4. The fourth-order valence-corrected chi connectivity index (χ4v) is 3.27. The van der Waals surface area contributed by atoms with Crippen molar-refractivity contribution in [3.05, 3.63) is 69.0 Å². The minimum atomic E-state index is -0.333. The summed E-state index contributed by atoms with van der Waals surface area (Å²) >= 11 is 13.1. The maximum atomic E-state index is 12.3. The number of nitrogens with one attached hydrogen (secondary N) is 1. The Bertz CT molecular complexity index is 925. The molecule has 4 nitrogen and oxygen atoms in total. The maximum absolute atomic E-state index is 12.3. The van der Waals surface area contributed by atoms with E-state index in [1.807, 2.05) is 17.5 Å². The molecule has 0 unspecified atom stereocenters. The van der Waals surface area contributed by atoms with Gasteiger partial charge in [0.25, 0.3) is 5.91 Å². The molecule has 0 fully saturated rings. The van der Waals surface area contributed by atoms with Gasteiger partial charge in [-0.2, -0.15) is 5.26 Å². The molecule has 0 radical (unpaired) electrons. The lowest BCUT2D eigenvalue weighted by Crippen LogP contribution is -2.11. The molecule has 0 saturated heterocycles. The van der Waals surface area contributed by atoms with E-state index >= 15 is 0 Å². The van der Waals surface area contributed by atoms with Gasteiger partial charge in [-0.05, 0) is 30.3 Å². The molecule has 0 aliphatic heterocycles. The summed E-state index contributed by atoms with van der Waals surface area (Å²) < 4.78 is 0. The van der Waals surface area contributed by atoms with Gasteiger partial charge in [0.2, 0.25) is 0 Å². The van der Waals surface area contributed by atoms with Crippen LogP contribution in [0.1, 0.15) is 15.9 Å². The average molecular weight is 374 g/mol. The molecular weight excluding hydrogens is 365 g/mol. The van der Waals surface area contributed by atoms with Gasteiger partial charge in [-0.15, -0.1) is 11.3 Å². The third-order valence-corrected chi connectivity index (χ3v) is 4.35. The number of amides is 1. The Morgan fingerprint density at radius 1 is 1.12 bits per heavy atom. The number of rotatable bonds is 3. The SMILES string of the molecule is N#Cc1ccc(-c2csc(NC(=O)c3cc(Cl)cc(Cl)c3)n2)cc1. The number of hydrogen-bond donors (Lipinski definition) is 1.